The predicted octanol–water partition coefficient (Wildman–Crippen LogP) is 0.554. The van der Waals surface area contributed by atoms with Crippen molar-refractivity contribution in [2.24, 2.45) is 0 Å². The quantitative estimate of drug-likeness (QED) is 0.872. The van der Waals surface area contributed by atoms with E-state index >= 15 is 0 Å². The Hall–Kier alpha value is -2.09. The molecule has 0 spiro atoms. The SMILES string of the molecule is CC(C(=O)O)N(C)C(=O)c1ccc2c(c1)CCN2S(C)(=O)=O. The molecule has 1 heterocycles. The molecule has 0 saturated heterocycles. The van der Waals surface area contributed by atoms with Crippen LogP contribution < -0.4 is 4.31 Å². The van der Waals surface area contributed by atoms with E-state index in [4.69, 9.17) is 5.11 Å². The molecule has 1 unspecified atom stereocenters. The van der Waals surface area contributed by atoms with Gasteiger partial charge in [0.1, 0.15) is 6.04 Å². The minimum absolute atomic E-state index is 0.352. The molecule has 0 fully saturated rings. The van der Waals surface area contributed by atoms with Crippen LogP contribution >= 0.6 is 0 Å². The zero-order valence-electron chi connectivity index (χ0n) is 12.6. The van der Waals surface area contributed by atoms with Gasteiger partial charge in [0, 0.05) is 19.2 Å². The Bertz CT molecular complexity index is 729. The molecule has 0 radical (unpaired) electrons. The Labute approximate surface area is 129 Å². The summed E-state index contributed by atoms with van der Waals surface area (Å²) in [5.41, 5.74) is 1.70. The number of carbonyl (C=O) groups is 2. The summed E-state index contributed by atoms with van der Waals surface area (Å²) in [6.07, 6.45) is 1.67. The normalized spacial score (nSPS) is 15.3. The largest absolute Gasteiger partial charge is 0.480 e. The summed E-state index contributed by atoms with van der Waals surface area (Å²) in [5.74, 6) is -1.49. The van der Waals surface area contributed by atoms with Gasteiger partial charge in [-0.25, -0.2) is 13.2 Å². The number of carboxylic acid groups (broad SMARTS) is 1. The third-order valence-corrected chi connectivity index (χ3v) is 5.02. The smallest absolute Gasteiger partial charge is 0.326 e. The topological polar surface area (TPSA) is 95.0 Å². The van der Waals surface area contributed by atoms with Crippen LogP contribution in [0.1, 0.15) is 22.8 Å². The van der Waals surface area contributed by atoms with Gasteiger partial charge in [-0.1, -0.05) is 0 Å². The zero-order chi connectivity index (χ0) is 16.7. The molecule has 1 atom stereocenters. The number of sulfonamides is 1. The number of nitrogens with zero attached hydrogens (tertiary/aromatic N) is 2. The summed E-state index contributed by atoms with van der Waals surface area (Å²) in [6.45, 7) is 1.78. The number of likely N-dealkylation sites (N-methyl/N-ethyl adjacent to an activating group) is 1. The lowest BCUT2D eigenvalue weighted by Gasteiger charge is -2.22. The number of fused-ring (bicyclic) bond motifs is 1. The number of hydrogen-bond donors (Lipinski definition) is 1. The highest BCUT2D eigenvalue weighted by Crippen LogP contribution is 2.31. The minimum atomic E-state index is -3.33. The summed E-state index contributed by atoms with van der Waals surface area (Å²) in [5, 5.41) is 8.96. The number of carboxylic acids is 1. The average Bonchev–Trinajstić information content (AvgIpc) is 2.87. The van der Waals surface area contributed by atoms with Crippen molar-refractivity contribution in [1.82, 2.24) is 4.90 Å². The standard InChI is InChI=1S/C14H18N2O5S/c1-9(14(18)19)15(2)13(17)11-4-5-12-10(8-11)6-7-16(12)22(3,20)21/h4-5,8-9H,6-7H2,1-3H3,(H,18,19). The number of anilines is 1. The van der Waals surface area contributed by atoms with Crippen molar-refractivity contribution in [2.75, 3.05) is 24.2 Å². The van der Waals surface area contributed by atoms with Crippen molar-refractivity contribution in [3.05, 3.63) is 29.3 Å². The second kappa shape index (κ2) is 5.60. The zero-order valence-corrected chi connectivity index (χ0v) is 13.4. The second-order valence-corrected chi connectivity index (χ2v) is 7.27. The predicted molar refractivity (Wildman–Crippen MR) is 81.5 cm³/mol. The monoisotopic (exact) mass is 326 g/mol. The van der Waals surface area contributed by atoms with Crippen molar-refractivity contribution in [1.29, 1.82) is 0 Å². The van der Waals surface area contributed by atoms with E-state index in [0.29, 0.717) is 24.2 Å². The van der Waals surface area contributed by atoms with Crippen LogP contribution in [0, 0.1) is 0 Å². The van der Waals surface area contributed by atoms with E-state index in [9.17, 15) is 18.0 Å². The van der Waals surface area contributed by atoms with Gasteiger partial charge in [0.25, 0.3) is 5.91 Å². The van der Waals surface area contributed by atoms with Gasteiger partial charge in [0.05, 0.1) is 11.9 Å². The van der Waals surface area contributed by atoms with Crippen LogP contribution in [0.15, 0.2) is 18.2 Å². The maximum absolute atomic E-state index is 12.3. The number of amides is 1. The Kier molecular flexibility index (Phi) is 4.15. The molecule has 120 valence electrons. The average molecular weight is 326 g/mol. The lowest BCUT2D eigenvalue weighted by Crippen LogP contribution is -2.40. The third kappa shape index (κ3) is 2.92. The fourth-order valence-electron chi connectivity index (χ4n) is 2.39. The maximum atomic E-state index is 12.3. The molecule has 1 N–H and O–H groups in total. The molecule has 8 heteroatoms. The first-order valence-corrected chi connectivity index (χ1v) is 8.58. The Morgan fingerprint density at radius 1 is 1.36 bits per heavy atom. The Morgan fingerprint density at radius 2 is 2.00 bits per heavy atom. The number of hydrogen-bond acceptors (Lipinski definition) is 4. The number of rotatable bonds is 4. The molecule has 0 aliphatic carbocycles. The van der Waals surface area contributed by atoms with Gasteiger partial charge in [-0.2, -0.15) is 0 Å². The summed E-state index contributed by atoms with van der Waals surface area (Å²) in [6, 6.07) is 3.81. The van der Waals surface area contributed by atoms with E-state index in [2.05, 4.69) is 0 Å². The Balaban J connectivity index is 2.30. The molecular formula is C14H18N2O5S. The molecule has 0 bridgehead atoms. The molecule has 1 aliphatic rings. The molecule has 2 rings (SSSR count). The molecule has 0 saturated carbocycles. The second-order valence-electron chi connectivity index (χ2n) is 5.36. The highest BCUT2D eigenvalue weighted by molar-refractivity contribution is 7.92. The van der Waals surface area contributed by atoms with Crippen LogP contribution in [0.2, 0.25) is 0 Å². The van der Waals surface area contributed by atoms with Crippen LogP contribution in [0.4, 0.5) is 5.69 Å². The van der Waals surface area contributed by atoms with Gasteiger partial charge in [0.2, 0.25) is 10.0 Å². The Morgan fingerprint density at radius 3 is 2.55 bits per heavy atom. The lowest BCUT2D eigenvalue weighted by molar-refractivity contribution is -0.141. The molecule has 1 amide bonds. The van der Waals surface area contributed by atoms with Gasteiger partial charge in [-0.3, -0.25) is 9.10 Å². The van der Waals surface area contributed by atoms with E-state index in [0.717, 1.165) is 16.7 Å². The van der Waals surface area contributed by atoms with Crippen molar-refractivity contribution in [2.45, 2.75) is 19.4 Å². The summed E-state index contributed by atoms with van der Waals surface area (Å²) in [4.78, 5) is 24.4. The van der Waals surface area contributed by atoms with Crippen LogP contribution in [0.5, 0.6) is 0 Å². The molecule has 22 heavy (non-hydrogen) atoms. The van der Waals surface area contributed by atoms with E-state index in [1.54, 1.807) is 12.1 Å². The van der Waals surface area contributed by atoms with Crippen LogP contribution in [-0.2, 0) is 21.2 Å². The molecular weight excluding hydrogens is 308 g/mol. The maximum Gasteiger partial charge on any atom is 0.326 e. The lowest BCUT2D eigenvalue weighted by atomic mass is 10.1. The van der Waals surface area contributed by atoms with E-state index in [1.165, 1.54) is 24.3 Å². The first-order chi connectivity index (χ1) is 10.1. The first-order valence-electron chi connectivity index (χ1n) is 6.73. The summed E-state index contributed by atoms with van der Waals surface area (Å²) >= 11 is 0. The van der Waals surface area contributed by atoms with Crippen molar-refractivity contribution >= 4 is 27.6 Å². The van der Waals surface area contributed by atoms with Gasteiger partial charge in [0.15, 0.2) is 0 Å². The molecule has 1 aromatic carbocycles. The van der Waals surface area contributed by atoms with Crippen LogP contribution in [0.3, 0.4) is 0 Å². The van der Waals surface area contributed by atoms with Crippen molar-refractivity contribution in [3.63, 3.8) is 0 Å². The number of benzene rings is 1. The van der Waals surface area contributed by atoms with Crippen molar-refractivity contribution < 1.29 is 23.1 Å². The molecule has 1 aromatic rings. The fourth-order valence-corrected chi connectivity index (χ4v) is 3.35. The van der Waals surface area contributed by atoms with Gasteiger partial charge < -0.3 is 10.0 Å². The highest BCUT2D eigenvalue weighted by Gasteiger charge is 2.28. The van der Waals surface area contributed by atoms with Crippen LogP contribution in [-0.4, -0.2) is 56.2 Å². The summed E-state index contributed by atoms with van der Waals surface area (Å²) < 4.78 is 24.7. The van der Waals surface area contributed by atoms with Crippen molar-refractivity contribution in [3.8, 4) is 0 Å². The van der Waals surface area contributed by atoms with E-state index < -0.39 is 27.9 Å². The minimum Gasteiger partial charge on any atom is -0.480 e. The molecule has 1 aliphatic heterocycles. The highest BCUT2D eigenvalue weighted by atomic mass is 32.2. The summed E-state index contributed by atoms with van der Waals surface area (Å²) in [7, 11) is -1.90. The first kappa shape index (κ1) is 16.3. The van der Waals surface area contributed by atoms with Gasteiger partial charge >= 0.3 is 5.97 Å². The number of aliphatic carboxylic acids is 1. The third-order valence-electron chi connectivity index (χ3n) is 3.84. The fraction of sp³-hybridized carbons (Fsp3) is 0.429. The van der Waals surface area contributed by atoms with Gasteiger partial charge in [-0.15, -0.1) is 0 Å². The van der Waals surface area contributed by atoms with Gasteiger partial charge in [-0.05, 0) is 37.1 Å². The van der Waals surface area contributed by atoms with E-state index in [-0.39, 0.29) is 0 Å². The molecule has 7 nitrogen and oxygen atoms in total. The van der Waals surface area contributed by atoms with Crippen LogP contribution in [0.25, 0.3) is 0 Å². The molecule has 0 aromatic heterocycles. The number of carbonyl (C=O) groups excluding carboxylic acids is 1. The van der Waals surface area contributed by atoms with E-state index in [1.807, 2.05) is 0 Å².